The first-order valence-electron chi connectivity index (χ1n) is 37.6. The van der Waals surface area contributed by atoms with E-state index in [4.69, 9.17) is 20.0 Å². The highest BCUT2D eigenvalue weighted by atomic mass is 14.9. The van der Waals surface area contributed by atoms with Crippen LogP contribution in [0.4, 0.5) is 0 Å². The molecule has 0 radical (unpaired) electrons. The van der Waals surface area contributed by atoms with Crippen molar-refractivity contribution in [3.63, 3.8) is 0 Å². The average molecular weight is 1320 g/mol. The number of hydrogen-bond acceptors (Lipinski definition) is 4. The first-order chi connectivity index (χ1) is 48.4. The van der Waals surface area contributed by atoms with Crippen LogP contribution in [-0.2, 0) is 25.7 Å². The van der Waals surface area contributed by atoms with E-state index in [1.807, 2.05) is 0 Å². The quantitative estimate of drug-likeness (QED) is 0.0583. The van der Waals surface area contributed by atoms with Gasteiger partial charge in [0.1, 0.15) is 0 Å². The third kappa shape index (κ3) is 13.2. The Morgan fingerprint density at radius 1 is 0.330 bits per heavy atom. The second kappa shape index (κ2) is 29.4. The maximum Gasteiger partial charge on any atom is 0.0910 e. The number of benzene rings is 4. The summed E-state index contributed by atoms with van der Waals surface area (Å²) < 4.78 is 0. The van der Waals surface area contributed by atoms with Crippen molar-refractivity contribution in [2.75, 3.05) is 0 Å². The van der Waals surface area contributed by atoms with Crippen LogP contribution in [0.2, 0.25) is 0 Å². The van der Waals surface area contributed by atoms with Gasteiger partial charge in [0.15, 0.2) is 0 Å². The minimum absolute atomic E-state index is 0.369. The maximum atomic E-state index is 6.11. The van der Waals surface area contributed by atoms with Crippen molar-refractivity contribution in [2.24, 2.45) is 43.6 Å². The number of nitrogens with one attached hydrogen (secondary N) is 4. The van der Waals surface area contributed by atoms with E-state index in [2.05, 4.69) is 276 Å². The Morgan fingerprint density at radius 2 is 0.640 bits per heavy atom. The monoisotopic (exact) mass is 1320 g/mol. The van der Waals surface area contributed by atoms with Crippen LogP contribution in [0.25, 0.3) is 33.7 Å². The molecule has 8 heteroatoms. The van der Waals surface area contributed by atoms with Gasteiger partial charge in [0, 0.05) is 22.3 Å². The summed E-state index contributed by atoms with van der Waals surface area (Å²) in [6.45, 7) is 37.4. The molecule has 9 heterocycles. The van der Waals surface area contributed by atoms with Crippen molar-refractivity contribution >= 4 is 56.5 Å². The Hall–Kier alpha value is -9.40. The molecule has 0 amide bonds. The summed E-state index contributed by atoms with van der Waals surface area (Å²) in [5, 5.41) is 8.73. The van der Waals surface area contributed by atoms with E-state index >= 15 is 0 Å². The van der Waals surface area contributed by atoms with Crippen LogP contribution in [0.5, 0.6) is 0 Å². The van der Waals surface area contributed by atoms with Gasteiger partial charge in [-0.15, -0.1) is 0 Å². The average Bonchev–Trinajstić information content (AvgIpc) is 1.59. The van der Waals surface area contributed by atoms with Crippen molar-refractivity contribution in [2.45, 2.75) is 188 Å². The fraction of sp³-hybridized carbons (Fsp3) is 0.348. The Labute approximate surface area is 593 Å². The Balaban J connectivity index is 1.28. The fourth-order valence-electron chi connectivity index (χ4n) is 16.1. The highest BCUT2D eigenvalue weighted by Crippen LogP contribution is 2.40. The summed E-state index contributed by atoms with van der Waals surface area (Å²) in [5.41, 5.74) is 32.0. The third-order valence-electron chi connectivity index (χ3n) is 20.6. The molecule has 0 unspecified atom stereocenters. The molecule has 0 fully saturated rings. The van der Waals surface area contributed by atoms with Crippen molar-refractivity contribution in [3.8, 4) is 0 Å². The zero-order chi connectivity index (χ0) is 70.2. The van der Waals surface area contributed by atoms with Gasteiger partial charge in [-0.1, -0.05) is 230 Å². The zero-order valence-electron chi connectivity index (χ0n) is 62.4. The van der Waals surface area contributed by atoms with Crippen LogP contribution in [0, 0.1) is 48.2 Å². The van der Waals surface area contributed by atoms with E-state index in [9.17, 15) is 0 Å². The number of aromatic nitrogens is 4. The predicted octanol–water partition coefficient (Wildman–Crippen LogP) is 17.8. The minimum atomic E-state index is 0.369. The molecule has 5 aliphatic heterocycles. The topological polar surface area (TPSA) is 113 Å². The van der Waals surface area contributed by atoms with Gasteiger partial charge in [0.25, 0.3) is 0 Å². The molecule has 8 aromatic rings. The number of nitrogens with zero attached hydrogens (tertiary/aromatic N) is 4. The van der Waals surface area contributed by atoms with Crippen molar-refractivity contribution < 1.29 is 0 Å². The van der Waals surface area contributed by atoms with E-state index in [1.54, 1.807) is 0 Å². The first kappa shape index (κ1) is 69.1. The van der Waals surface area contributed by atoms with Crippen LogP contribution >= 0.6 is 0 Å². The van der Waals surface area contributed by atoms with Gasteiger partial charge in [-0.25, -0.2) is 20.0 Å². The number of hydrogen-bond donors (Lipinski definition) is 4. The normalized spacial score (nSPS) is 15.8. The van der Waals surface area contributed by atoms with Gasteiger partial charge < -0.3 is 19.9 Å². The first-order valence-corrected chi connectivity index (χ1v) is 37.6. The lowest BCUT2D eigenvalue weighted by atomic mass is 9.90. The van der Waals surface area contributed by atoms with Crippen molar-refractivity contribution in [1.29, 1.82) is 0 Å². The highest BCUT2D eigenvalue weighted by molar-refractivity contribution is 6.36. The molecule has 0 spiro atoms. The molecular formula is C92H104N8. The molecule has 4 aromatic carbocycles. The summed E-state index contributed by atoms with van der Waals surface area (Å²) in [4.78, 5) is 41.1. The second-order valence-corrected chi connectivity index (χ2v) is 30.3. The van der Waals surface area contributed by atoms with Gasteiger partial charge in [-0.3, -0.25) is 0 Å². The second-order valence-electron chi connectivity index (χ2n) is 30.3. The molecule has 4 N–H and O–H groups in total. The van der Waals surface area contributed by atoms with Crippen LogP contribution in [-0.4, -0.2) is 42.8 Å². The molecule has 0 saturated carbocycles. The fourth-order valence-corrected chi connectivity index (χ4v) is 16.1. The molecule has 8 nitrogen and oxygen atoms in total. The number of aryl methyl sites for hydroxylation is 2. The van der Waals surface area contributed by atoms with Gasteiger partial charge in [-0.05, 0) is 216 Å². The molecule has 16 bridgehead atoms. The van der Waals surface area contributed by atoms with E-state index in [0.29, 0.717) is 23.7 Å². The molecule has 5 aliphatic rings. The van der Waals surface area contributed by atoms with E-state index in [0.717, 1.165) is 210 Å². The largest absolute Gasteiger partial charge is 0.353 e. The Bertz CT molecular complexity index is 5000. The number of allylic oxidation sites excluding steroid dienone is 6. The summed E-state index contributed by atoms with van der Waals surface area (Å²) in [6, 6.07) is 49.0. The number of H-pyrrole nitrogens is 4. The molecule has 0 saturated heterocycles. The predicted molar refractivity (Wildman–Crippen MR) is 423 cm³/mol. The van der Waals surface area contributed by atoms with Crippen LogP contribution in [0.1, 0.15) is 204 Å². The Kier molecular flexibility index (Phi) is 20.3. The van der Waals surface area contributed by atoms with Gasteiger partial charge >= 0.3 is 0 Å². The van der Waals surface area contributed by atoms with Crippen molar-refractivity contribution in [3.05, 3.63) is 289 Å². The summed E-state index contributed by atoms with van der Waals surface area (Å²) >= 11 is 0. The molecule has 0 atom stereocenters. The van der Waals surface area contributed by atoms with E-state index in [-0.39, 0.29) is 0 Å². The third-order valence-corrected chi connectivity index (χ3v) is 20.6. The van der Waals surface area contributed by atoms with Gasteiger partial charge in [0.05, 0.1) is 88.4 Å². The van der Waals surface area contributed by atoms with Crippen LogP contribution < -0.4 is 32.1 Å². The van der Waals surface area contributed by atoms with E-state index in [1.165, 1.54) is 66.8 Å². The highest BCUT2D eigenvalue weighted by Gasteiger charge is 2.34. The smallest absolute Gasteiger partial charge is 0.0910 e. The van der Waals surface area contributed by atoms with Gasteiger partial charge in [-0.2, -0.15) is 0 Å². The van der Waals surface area contributed by atoms with Gasteiger partial charge in [0.2, 0.25) is 0 Å². The summed E-state index contributed by atoms with van der Waals surface area (Å²) in [6.07, 6.45) is 15.6. The van der Waals surface area contributed by atoms with Crippen molar-refractivity contribution in [1.82, 2.24) is 19.9 Å². The lowest BCUT2D eigenvalue weighted by Crippen LogP contribution is -2.22. The standard InChI is InChI=1S/C92H104N8/c1-17-33-65-49-73-74-50-66(34-18-2)86(94-74)78(62-39-27-22-28-40-62)82-59(15)71(47-55(9)10)91(99-82)92-72(48-56(11)12)60(16)84(100-92)80(64-43-31-24-32-44-64)88-68(36-20-4)52-76(96-88)75-51-67(35-19-3)87(95-75)79(63-41-29-23-30-42-63)83-58(14)70(46-54(7)8)90(98-83)89-69(45-53(5)6)57(13)81(97-89)77(85(65)93-73)61-37-25-21-26-38-61/h21-32,37-44,49-56,93-94,98,100H,17-20,33-36,45-48H2,1-16H3. The minimum Gasteiger partial charge on any atom is -0.353 e. The lowest BCUT2D eigenvalue weighted by Gasteiger charge is -2.12. The maximum absolute atomic E-state index is 6.11. The number of aromatic amines is 4. The number of rotatable bonds is 20. The molecular weight excluding hydrogens is 1220 g/mol. The molecule has 100 heavy (non-hydrogen) atoms. The Morgan fingerprint density at radius 3 is 0.940 bits per heavy atom. The SMILES string of the molecule is CCCC1=CC2=C3C=C(CCC)C(=N3)C(c3ccccc3)=c3[nH]c(c(CC(C)C)c3C)=C3N=C(C(C)=C3CC(C)C)C(c3ccccc3)=c3[nH]c(cc3CCC)=c3cc(CCC)c([nH]3)=C(c3ccccc3)C3=NC(=c4[nH]c(c(C)c4CC(C)C)=C(c4ccccc4)C1=N2)C(CC(C)C)=C3C. The molecule has 512 valence electrons. The lowest BCUT2D eigenvalue weighted by molar-refractivity contribution is 0.641. The molecule has 13 rings (SSSR count). The number of fused-ring (bicyclic) bond motifs is 12. The number of aliphatic imine (C=N–C) groups is 4. The van der Waals surface area contributed by atoms with Crippen LogP contribution in [0.3, 0.4) is 0 Å². The zero-order valence-corrected chi connectivity index (χ0v) is 62.4. The summed E-state index contributed by atoms with van der Waals surface area (Å²) in [5.74, 6) is 1.48. The van der Waals surface area contributed by atoms with Crippen LogP contribution in [0.15, 0.2) is 210 Å². The van der Waals surface area contributed by atoms with E-state index < -0.39 is 0 Å². The molecule has 4 aromatic heterocycles. The molecule has 0 aliphatic carbocycles. The summed E-state index contributed by atoms with van der Waals surface area (Å²) in [7, 11) is 0.